The third kappa shape index (κ3) is 5.23. The number of ether oxygens (including phenoxy) is 1. The SMILES string of the molecule is O[C@H](COc1ccc2cc(Br)ccc2c1)CN1CCN(c2ccccc2Cl)CC1. The van der Waals surface area contributed by atoms with Crippen LogP contribution in [0.1, 0.15) is 0 Å². The zero-order valence-electron chi connectivity index (χ0n) is 16.1. The lowest BCUT2D eigenvalue weighted by molar-refractivity contribution is 0.0663. The molecule has 4 nitrogen and oxygen atoms in total. The van der Waals surface area contributed by atoms with Crippen molar-refractivity contribution in [2.24, 2.45) is 0 Å². The van der Waals surface area contributed by atoms with Crippen LogP contribution >= 0.6 is 27.5 Å². The number of β-amino-alcohol motifs (C(OH)–C–C–N with tert-alkyl or cyclic N) is 1. The summed E-state index contributed by atoms with van der Waals surface area (Å²) in [4.78, 5) is 4.58. The fraction of sp³-hybridized carbons (Fsp3) is 0.304. The van der Waals surface area contributed by atoms with Gasteiger partial charge in [0.2, 0.25) is 0 Å². The van der Waals surface area contributed by atoms with Crippen molar-refractivity contribution in [3.8, 4) is 5.75 Å². The first-order valence-corrected chi connectivity index (χ1v) is 11.0. The smallest absolute Gasteiger partial charge is 0.120 e. The molecular formula is C23H24BrClN2O2. The Morgan fingerprint density at radius 2 is 1.69 bits per heavy atom. The molecule has 0 radical (unpaired) electrons. The van der Waals surface area contributed by atoms with E-state index in [1.54, 1.807) is 0 Å². The number of hydrogen-bond donors (Lipinski definition) is 1. The van der Waals surface area contributed by atoms with E-state index in [4.69, 9.17) is 16.3 Å². The molecular weight excluding hydrogens is 452 g/mol. The van der Waals surface area contributed by atoms with E-state index in [-0.39, 0.29) is 6.61 Å². The zero-order chi connectivity index (χ0) is 20.2. The molecule has 0 aromatic heterocycles. The highest BCUT2D eigenvalue weighted by atomic mass is 79.9. The van der Waals surface area contributed by atoms with Crippen molar-refractivity contribution in [3.63, 3.8) is 0 Å². The number of rotatable bonds is 6. The molecule has 1 heterocycles. The standard InChI is InChI=1S/C23H24BrClN2O2/c24-19-7-5-18-14-21(8-6-17(18)13-19)29-16-20(28)15-26-9-11-27(12-10-26)23-4-2-1-3-22(23)25/h1-8,13-14,20,28H,9-12,15-16H2/t20-/m0/s1. The van der Waals surface area contributed by atoms with Crippen LogP contribution < -0.4 is 9.64 Å². The normalized spacial score (nSPS) is 16.2. The van der Waals surface area contributed by atoms with Gasteiger partial charge in [0.25, 0.3) is 0 Å². The average Bonchev–Trinajstić information content (AvgIpc) is 2.73. The number of hydrogen-bond acceptors (Lipinski definition) is 4. The lowest BCUT2D eigenvalue weighted by Gasteiger charge is -2.37. The molecule has 0 spiro atoms. The summed E-state index contributed by atoms with van der Waals surface area (Å²) in [6.07, 6.45) is -0.525. The third-order valence-electron chi connectivity index (χ3n) is 5.25. The summed E-state index contributed by atoms with van der Waals surface area (Å²) >= 11 is 9.80. The summed E-state index contributed by atoms with van der Waals surface area (Å²) < 4.78 is 6.90. The van der Waals surface area contributed by atoms with Gasteiger partial charge < -0.3 is 14.7 Å². The van der Waals surface area contributed by atoms with Gasteiger partial charge in [-0.25, -0.2) is 0 Å². The molecule has 29 heavy (non-hydrogen) atoms. The monoisotopic (exact) mass is 474 g/mol. The zero-order valence-corrected chi connectivity index (χ0v) is 18.4. The Labute approximate surface area is 184 Å². The maximum absolute atomic E-state index is 10.4. The number of aliphatic hydroxyl groups excluding tert-OH is 1. The molecule has 0 amide bonds. The fourth-order valence-electron chi connectivity index (χ4n) is 3.71. The van der Waals surface area contributed by atoms with Gasteiger partial charge in [-0.2, -0.15) is 0 Å². The summed E-state index contributed by atoms with van der Waals surface area (Å²) in [5.41, 5.74) is 1.08. The van der Waals surface area contributed by atoms with Crippen LogP contribution in [-0.4, -0.2) is 55.4 Å². The molecule has 0 bridgehead atoms. The van der Waals surface area contributed by atoms with E-state index >= 15 is 0 Å². The van der Waals surface area contributed by atoms with Crippen LogP contribution in [0.2, 0.25) is 5.02 Å². The Balaban J connectivity index is 1.26. The Bertz CT molecular complexity index is 976. The molecule has 1 aliphatic heterocycles. The van der Waals surface area contributed by atoms with E-state index < -0.39 is 6.10 Å². The van der Waals surface area contributed by atoms with Gasteiger partial charge in [0, 0.05) is 37.2 Å². The van der Waals surface area contributed by atoms with Gasteiger partial charge in [-0.1, -0.05) is 51.8 Å². The summed E-state index contributed by atoms with van der Waals surface area (Å²) in [6, 6.07) is 20.1. The van der Waals surface area contributed by atoms with E-state index in [1.165, 1.54) is 0 Å². The maximum atomic E-state index is 10.4. The average molecular weight is 476 g/mol. The van der Waals surface area contributed by atoms with E-state index in [0.29, 0.717) is 6.54 Å². The second-order valence-electron chi connectivity index (χ2n) is 7.36. The molecule has 3 aromatic rings. The quantitative estimate of drug-likeness (QED) is 0.555. The van der Waals surface area contributed by atoms with Gasteiger partial charge >= 0.3 is 0 Å². The number of fused-ring (bicyclic) bond motifs is 1. The first-order valence-electron chi connectivity index (χ1n) is 9.80. The Hall–Kier alpha value is -1.79. The number of anilines is 1. The molecule has 0 saturated carbocycles. The number of halogens is 2. The fourth-order valence-corrected chi connectivity index (χ4v) is 4.34. The van der Waals surface area contributed by atoms with Crippen LogP contribution in [0.4, 0.5) is 5.69 Å². The lowest BCUT2D eigenvalue weighted by atomic mass is 10.1. The molecule has 1 aliphatic rings. The second-order valence-corrected chi connectivity index (χ2v) is 8.68. The van der Waals surface area contributed by atoms with Gasteiger partial charge in [-0.3, -0.25) is 4.90 Å². The Morgan fingerprint density at radius 1 is 0.966 bits per heavy atom. The van der Waals surface area contributed by atoms with Gasteiger partial charge in [0.05, 0.1) is 10.7 Å². The minimum atomic E-state index is -0.525. The van der Waals surface area contributed by atoms with Crippen molar-refractivity contribution in [2.45, 2.75) is 6.10 Å². The van der Waals surface area contributed by atoms with Crippen LogP contribution in [0.15, 0.2) is 65.1 Å². The number of piperazine rings is 1. The molecule has 1 fully saturated rings. The predicted molar refractivity (Wildman–Crippen MR) is 123 cm³/mol. The van der Waals surface area contributed by atoms with Crippen LogP contribution in [0.25, 0.3) is 10.8 Å². The first kappa shape index (κ1) is 20.5. The molecule has 152 valence electrons. The first-order chi connectivity index (χ1) is 14.1. The number of nitrogens with zero attached hydrogens (tertiary/aromatic N) is 2. The van der Waals surface area contributed by atoms with E-state index in [9.17, 15) is 5.11 Å². The molecule has 0 unspecified atom stereocenters. The van der Waals surface area contributed by atoms with Crippen LogP contribution in [0.5, 0.6) is 5.75 Å². The van der Waals surface area contributed by atoms with Crippen molar-refractivity contribution in [2.75, 3.05) is 44.2 Å². The van der Waals surface area contributed by atoms with Crippen molar-refractivity contribution >= 4 is 44.0 Å². The molecule has 1 N–H and O–H groups in total. The van der Waals surface area contributed by atoms with Gasteiger partial charge in [-0.15, -0.1) is 0 Å². The van der Waals surface area contributed by atoms with Crippen molar-refractivity contribution in [1.29, 1.82) is 0 Å². The molecule has 3 aromatic carbocycles. The van der Waals surface area contributed by atoms with Gasteiger partial charge in [0.1, 0.15) is 18.5 Å². The molecule has 1 atom stereocenters. The summed E-state index contributed by atoms with van der Waals surface area (Å²) in [5, 5.41) is 13.5. The molecule has 1 saturated heterocycles. The van der Waals surface area contributed by atoms with Crippen molar-refractivity contribution < 1.29 is 9.84 Å². The molecule has 0 aliphatic carbocycles. The Morgan fingerprint density at radius 3 is 2.48 bits per heavy atom. The van der Waals surface area contributed by atoms with Gasteiger partial charge in [-0.05, 0) is 47.2 Å². The Kier molecular flexibility index (Phi) is 6.60. The minimum Gasteiger partial charge on any atom is -0.491 e. The highest BCUT2D eigenvalue weighted by Gasteiger charge is 2.20. The van der Waals surface area contributed by atoms with Crippen LogP contribution in [0, 0.1) is 0 Å². The number of benzene rings is 3. The number of para-hydroxylation sites is 1. The summed E-state index contributed by atoms with van der Waals surface area (Å²) in [5.74, 6) is 0.780. The maximum Gasteiger partial charge on any atom is 0.120 e. The lowest BCUT2D eigenvalue weighted by Crippen LogP contribution is -2.49. The van der Waals surface area contributed by atoms with Crippen LogP contribution in [-0.2, 0) is 0 Å². The van der Waals surface area contributed by atoms with Crippen LogP contribution in [0.3, 0.4) is 0 Å². The topological polar surface area (TPSA) is 35.9 Å². The van der Waals surface area contributed by atoms with Crippen molar-refractivity contribution in [3.05, 3.63) is 70.2 Å². The van der Waals surface area contributed by atoms with E-state index in [1.807, 2.05) is 42.5 Å². The minimum absolute atomic E-state index is 0.284. The molecule has 6 heteroatoms. The third-order valence-corrected chi connectivity index (χ3v) is 6.06. The largest absolute Gasteiger partial charge is 0.491 e. The predicted octanol–water partition coefficient (Wildman–Crippen LogP) is 4.82. The highest BCUT2D eigenvalue weighted by molar-refractivity contribution is 9.10. The van der Waals surface area contributed by atoms with E-state index in [2.05, 4.69) is 43.9 Å². The number of aliphatic hydroxyl groups is 1. The molecule has 4 rings (SSSR count). The summed E-state index contributed by atoms with van der Waals surface area (Å²) in [7, 11) is 0. The summed E-state index contributed by atoms with van der Waals surface area (Å²) in [6.45, 7) is 4.49. The van der Waals surface area contributed by atoms with Gasteiger partial charge in [0.15, 0.2) is 0 Å². The second kappa shape index (κ2) is 9.35. The van der Waals surface area contributed by atoms with E-state index in [0.717, 1.165) is 57.9 Å². The van der Waals surface area contributed by atoms with Crippen molar-refractivity contribution in [1.82, 2.24) is 4.90 Å². The highest BCUT2D eigenvalue weighted by Crippen LogP contribution is 2.26.